The van der Waals surface area contributed by atoms with Crippen LogP contribution in [0.15, 0.2) is 160 Å². The topological polar surface area (TPSA) is 29.5 Å². The summed E-state index contributed by atoms with van der Waals surface area (Å²) in [4.78, 5) is 2.40. The van der Waals surface area contributed by atoms with E-state index in [0.717, 1.165) is 60.9 Å². The van der Waals surface area contributed by atoms with Crippen LogP contribution < -0.4 is 4.90 Å². The highest BCUT2D eigenvalue weighted by Crippen LogP contribution is 2.51. The molecule has 0 unspecified atom stereocenters. The molecule has 0 fully saturated rings. The highest BCUT2D eigenvalue weighted by Gasteiger charge is 2.26. The van der Waals surface area contributed by atoms with Gasteiger partial charge in [0, 0.05) is 36.6 Å². The van der Waals surface area contributed by atoms with E-state index in [1.54, 1.807) is 0 Å². The van der Waals surface area contributed by atoms with Crippen molar-refractivity contribution in [3.05, 3.63) is 152 Å². The zero-order valence-corrected chi connectivity index (χ0v) is 25.4. The molecule has 46 heavy (non-hydrogen) atoms. The van der Waals surface area contributed by atoms with Gasteiger partial charge in [-0.25, -0.2) is 0 Å². The van der Waals surface area contributed by atoms with Crippen LogP contribution in [0.4, 0.5) is 17.1 Å². The Bertz CT molecular complexity index is 2750. The molecule has 3 aromatic heterocycles. The van der Waals surface area contributed by atoms with Crippen molar-refractivity contribution in [3.8, 4) is 11.1 Å². The molecule has 10 rings (SSSR count). The van der Waals surface area contributed by atoms with Gasteiger partial charge in [0.15, 0.2) is 0 Å². The number of benzene rings is 7. The molecule has 0 N–H and O–H groups in total. The molecule has 7 aromatic carbocycles. The van der Waals surface area contributed by atoms with Gasteiger partial charge >= 0.3 is 0 Å². The fourth-order valence-electron chi connectivity index (χ4n) is 7.03. The van der Waals surface area contributed by atoms with E-state index in [0.29, 0.717) is 0 Å². The molecular weight excluding hydrogens is 583 g/mol. The predicted octanol–water partition coefficient (Wildman–Crippen LogP) is 13.0. The van der Waals surface area contributed by atoms with E-state index < -0.39 is 0 Å². The van der Waals surface area contributed by atoms with Crippen molar-refractivity contribution in [1.29, 1.82) is 0 Å². The maximum absolute atomic E-state index is 6.78. The van der Waals surface area contributed by atoms with E-state index in [2.05, 4.69) is 138 Å². The largest absolute Gasteiger partial charge is 0.456 e. The highest BCUT2D eigenvalue weighted by atomic mass is 32.1. The Labute approximate surface area is 268 Å². The summed E-state index contributed by atoms with van der Waals surface area (Å²) >= 11 is 1.81. The average molecular weight is 608 g/mol. The lowest BCUT2D eigenvalue weighted by molar-refractivity contribution is 0.669. The van der Waals surface area contributed by atoms with Gasteiger partial charge in [-0.2, -0.15) is 0 Å². The van der Waals surface area contributed by atoms with Gasteiger partial charge in [0.1, 0.15) is 22.3 Å². The smallest absolute Gasteiger partial charge is 0.146 e. The van der Waals surface area contributed by atoms with E-state index >= 15 is 0 Å². The van der Waals surface area contributed by atoms with Gasteiger partial charge in [-0.05, 0) is 59.7 Å². The summed E-state index contributed by atoms with van der Waals surface area (Å²) in [7, 11) is 0. The second kappa shape index (κ2) is 9.83. The Hall–Kier alpha value is -5.84. The molecular formula is C42H25NO2S. The standard InChI is InChI=1S/C42H25NO2S/c1-2-11-26(12-3-1)27-21-23-28(24-22-27)43(32-16-10-19-36-39(32)29-13-4-7-17-34(29)44-36)33-25-38-41(31-15-6-9-20-37(31)46-38)42-40(33)30-14-5-8-18-35(30)45-42/h1-25H. The lowest BCUT2D eigenvalue weighted by Crippen LogP contribution is -2.10. The monoisotopic (exact) mass is 607 g/mol. The molecule has 3 nitrogen and oxygen atoms in total. The molecule has 0 radical (unpaired) electrons. The number of rotatable bonds is 4. The average Bonchev–Trinajstić information content (AvgIpc) is 3.80. The van der Waals surface area contributed by atoms with Gasteiger partial charge in [0.25, 0.3) is 0 Å². The van der Waals surface area contributed by atoms with Gasteiger partial charge in [-0.3, -0.25) is 0 Å². The summed E-state index contributed by atoms with van der Waals surface area (Å²) in [6, 6.07) is 53.5. The number of furan rings is 2. The van der Waals surface area contributed by atoms with E-state index in [1.165, 1.54) is 31.3 Å². The first kappa shape index (κ1) is 25.5. The Morgan fingerprint density at radius 3 is 1.85 bits per heavy atom. The van der Waals surface area contributed by atoms with Crippen LogP contribution in [0.25, 0.3) is 75.2 Å². The lowest BCUT2D eigenvalue weighted by atomic mass is 10.0. The van der Waals surface area contributed by atoms with Crippen molar-refractivity contribution >= 4 is 92.4 Å². The first-order chi connectivity index (χ1) is 22.8. The number of hydrogen-bond acceptors (Lipinski definition) is 4. The van der Waals surface area contributed by atoms with Crippen molar-refractivity contribution in [3.63, 3.8) is 0 Å². The zero-order valence-electron chi connectivity index (χ0n) is 24.6. The van der Waals surface area contributed by atoms with Crippen LogP contribution in [-0.4, -0.2) is 0 Å². The summed E-state index contributed by atoms with van der Waals surface area (Å²) in [5.41, 5.74) is 9.10. The fraction of sp³-hybridized carbons (Fsp3) is 0. The van der Waals surface area contributed by atoms with Gasteiger partial charge in [0.2, 0.25) is 0 Å². The van der Waals surface area contributed by atoms with Crippen LogP contribution in [0.2, 0.25) is 0 Å². The molecule has 0 aliphatic carbocycles. The normalized spacial score (nSPS) is 11.9. The number of thiophene rings is 1. The predicted molar refractivity (Wildman–Crippen MR) is 194 cm³/mol. The Morgan fingerprint density at radius 1 is 0.413 bits per heavy atom. The Kier molecular flexibility index (Phi) is 5.45. The van der Waals surface area contributed by atoms with Crippen LogP contribution in [0.1, 0.15) is 0 Å². The van der Waals surface area contributed by atoms with Crippen molar-refractivity contribution in [1.82, 2.24) is 0 Å². The maximum Gasteiger partial charge on any atom is 0.146 e. The molecule has 0 amide bonds. The second-order valence-corrected chi connectivity index (χ2v) is 12.7. The van der Waals surface area contributed by atoms with Crippen molar-refractivity contribution in [2.75, 3.05) is 4.90 Å². The van der Waals surface area contributed by atoms with Gasteiger partial charge in [-0.15, -0.1) is 11.3 Å². The lowest BCUT2D eigenvalue weighted by Gasteiger charge is -2.27. The number of fused-ring (bicyclic) bond motifs is 10. The van der Waals surface area contributed by atoms with E-state index in [1.807, 2.05) is 29.5 Å². The molecule has 0 atom stereocenters. The molecule has 10 aromatic rings. The number of nitrogens with zero attached hydrogens (tertiary/aromatic N) is 1. The second-order valence-electron chi connectivity index (χ2n) is 11.7. The van der Waals surface area contributed by atoms with Crippen molar-refractivity contribution in [2.24, 2.45) is 0 Å². The summed E-state index contributed by atoms with van der Waals surface area (Å²) in [6.45, 7) is 0. The van der Waals surface area contributed by atoms with Gasteiger partial charge < -0.3 is 13.7 Å². The summed E-state index contributed by atoms with van der Waals surface area (Å²) < 4.78 is 15.6. The van der Waals surface area contributed by atoms with Crippen LogP contribution in [0.3, 0.4) is 0 Å². The molecule has 4 heteroatoms. The van der Waals surface area contributed by atoms with Crippen LogP contribution in [0, 0.1) is 0 Å². The quantitative estimate of drug-likeness (QED) is 0.199. The van der Waals surface area contributed by atoms with Crippen LogP contribution in [0.5, 0.6) is 0 Å². The molecule has 0 spiro atoms. The first-order valence-electron chi connectivity index (χ1n) is 15.4. The van der Waals surface area contributed by atoms with Crippen LogP contribution >= 0.6 is 11.3 Å². The third kappa shape index (κ3) is 3.71. The molecule has 3 heterocycles. The van der Waals surface area contributed by atoms with Gasteiger partial charge in [0.05, 0.1) is 22.1 Å². The molecule has 0 aliphatic rings. The summed E-state index contributed by atoms with van der Waals surface area (Å²) in [6.07, 6.45) is 0. The van der Waals surface area contributed by atoms with Crippen molar-refractivity contribution in [2.45, 2.75) is 0 Å². The van der Waals surface area contributed by atoms with E-state index in [4.69, 9.17) is 8.83 Å². The third-order valence-electron chi connectivity index (χ3n) is 9.06. The molecule has 216 valence electrons. The van der Waals surface area contributed by atoms with Crippen LogP contribution in [-0.2, 0) is 0 Å². The fourth-order valence-corrected chi connectivity index (χ4v) is 8.17. The SMILES string of the molecule is c1ccc(-c2ccc(N(c3cccc4oc5ccccc5c34)c3cc4sc5ccccc5c4c4oc5ccccc5c34)cc2)cc1. The van der Waals surface area contributed by atoms with E-state index in [9.17, 15) is 0 Å². The number of para-hydroxylation sites is 2. The Morgan fingerprint density at radius 2 is 1.04 bits per heavy atom. The maximum atomic E-state index is 6.78. The molecule has 0 aliphatic heterocycles. The molecule has 0 bridgehead atoms. The van der Waals surface area contributed by atoms with Gasteiger partial charge in [-0.1, -0.05) is 103 Å². The summed E-state index contributed by atoms with van der Waals surface area (Å²) in [5.74, 6) is 0. The Balaban J connectivity index is 1.34. The highest BCUT2D eigenvalue weighted by molar-refractivity contribution is 7.26. The zero-order chi connectivity index (χ0) is 30.2. The van der Waals surface area contributed by atoms with Crippen molar-refractivity contribution < 1.29 is 8.83 Å². The third-order valence-corrected chi connectivity index (χ3v) is 10.2. The number of anilines is 3. The molecule has 0 saturated carbocycles. The minimum absolute atomic E-state index is 0.862. The number of hydrogen-bond donors (Lipinski definition) is 0. The minimum atomic E-state index is 0.862. The molecule has 0 saturated heterocycles. The minimum Gasteiger partial charge on any atom is -0.456 e. The summed E-state index contributed by atoms with van der Waals surface area (Å²) in [5, 5.41) is 6.77. The first-order valence-corrected chi connectivity index (χ1v) is 16.2. The van der Waals surface area contributed by atoms with E-state index in [-0.39, 0.29) is 0 Å².